The summed E-state index contributed by atoms with van der Waals surface area (Å²) >= 11 is 0. The zero-order valence-electron chi connectivity index (χ0n) is 16.9. The topological polar surface area (TPSA) is 76.1 Å². The number of piperidine rings is 1. The van der Waals surface area contributed by atoms with E-state index in [4.69, 9.17) is 4.74 Å². The van der Waals surface area contributed by atoms with E-state index in [9.17, 15) is 0 Å². The molecule has 28 heavy (non-hydrogen) atoms. The number of aryl methyl sites for hydroxylation is 2. The van der Waals surface area contributed by atoms with Crippen molar-refractivity contribution in [2.75, 3.05) is 23.3 Å². The minimum atomic E-state index is 0.293. The fourth-order valence-corrected chi connectivity index (χ4v) is 4.15. The Morgan fingerprint density at radius 3 is 2.50 bits per heavy atom. The molecular formula is C21H30N6O. The molecule has 3 heterocycles. The Hall–Kier alpha value is -2.44. The van der Waals surface area contributed by atoms with Gasteiger partial charge in [0.05, 0.1) is 12.4 Å². The molecule has 1 aliphatic heterocycles. The molecule has 4 rings (SSSR count). The van der Waals surface area contributed by atoms with Crippen molar-refractivity contribution >= 4 is 11.6 Å². The van der Waals surface area contributed by atoms with Gasteiger partial charge in [-0.3, -0.25) is 4.98 Å². The van der Waals surface area contributed by atoms with Crippen LogP contribution in [0.25, 0.3) is 0 Å². The molecule has 7 heteroatoms. The van der Waals surface area contributed by atoms with Gasteiger partial charge in [-0.05, 0) is 52.4 Å². The van der Waals surface area contributed by atoms with Gasteiger partial charge in [0, 0.05) is 30.9 Å². The summed E-state index contributed by atoms with van der Waals surface area (Å²) < 4.78 is 6.05. The van der Waals surface area contributed by atoms with Crippen molar-refractivity contribution in [1.29, 1.82) is 0 Å². The van der Waals surface area contributed by atoms with E-state index in [2.05, 4.69) is 36.2 Å². The number of rotatable bonds is 5. The molecule has 2 aromatic heterocycles. The van der Waals surface area contributed by atoms with Crippen LogP contribution in [-0.4, -0.2) is 45.2 Å². The molecular weight excluding hydrogens is 352 g/mol. The van der Waals surface area contributed by atoms with E-state index < -0.39 is 0 Å². The van der Waals surface area contributed by atoms with Crippen LogP contribution in [0.5, 0.6) is 5.88 Å². The Bertz CT molecular complexity index is 764. The van der Waals surface area contributed by atoms with Gasteiger partial charge >= 0.3 is 0 Å². The minimum absolute atomic E-state index is 0.293. The van der Waals surface area contributed by atoms with Crippen molar-refractivity contribution in [1.82, 2.24) is 19.9 Å². The van der Waals surface area contributed by atoms with E-state index in [1.54, 1.807) is 12.4 Å². The average molecular weight is 383 g/mol. The highest BCUT2D eigenvalue weighted by Gasteiger charge is 2.21. The first-order valence-electron chi connectivity index (χ1n) is 10.5. The van der Waals surface area contributed by atoms with Crippen LogP contribution in [0.3, 0.4) is 0 Å². The van der Waals surface area contributed by atoms with Gasteiger partial charge in [0.15, 0.2) is 0 Å². The third-order valence-corrected chi connectivity index (χ3v) is 5.58. The van der Waals surface area contributed by atoms with Crippen LogP contribution in [0.15, 0.2) is 18.5 Å². The van der Waals surface area contributed by atoms with Crippen molar-refractivity contribution in [3.8, 4) is 5.88 Å². The van der Waals surface area contributed by atoms with Crippen molar-refractivity contribution in [2.45, 2.75) is 70.9 Å². The molecule has 0 unspecified atom stereocenters. The van der Waals surface area contributed by atoms with Gasteiger partial charge in [0.1, 0.15) is 23.6 Å². The van der Waals surface area contributed by atoms with Crippen molar-refractivity contribution in [2.24, 2.45) is 0 Å². The molecule has 0 radical (unpaired) electrons. The largest absolute Gasteiger partial charge is 0.473 e. The molecule has 2 fully saturated rings. The number of ether oxygens (including phenoxy) is 1. The molecule has 7 nitrogen and oxygen atoms in total. The quantitative estimate of drug-likeness (QED) is 0.845. The molecule has 1 aliphatic carbocycles. The van der Waals surface area contributed by atoms with Crippen LogP contribution in [0.2, 0.25) is 0 Å². The number of hydrogen-bond donors (Lipinski definition) is 1. The smallest absolute Gasteiger partial charge is 0.234 e. The van der Waals surface area contributed by atoms with Crippen molar-refractivity contribution in [3.63, 3.8) is 0 Å². The Balaban J connectivity index is 1.31. The predicted molar refractivity (Wildman–Crippen MR) is 110 cm³/mol. The lowest BCUT2D eigenvalue weighted by atomic mass is 9.98. The van der Waals surface area contributed by atoms with E-state index in [1.807, 2.05) is 13.8 Å². The van der Waals surface area contributed by atoms with Gasteiger partial charge in [-0.15, -0.1) is 0 Å². The Kier molecular flexibility index (Phi) is 5.88. The SMILES string of the molecule is Cc1cc(N2CCC(Nc3cncc(OC4CCCCC4)n3)CC2)nc(C)n1. The molecule has 0 atom stereocenters. The molecule has 2 aromatic rings. The molecule has 0 amide bonds. The molecule has 2 aliphatic rings. The van der Waals surface area contributed by atoms with Gasteiger partial charge < -0.3 is 15.0 Å². The van der Waals surface area contributed by atoms with Gasteiger partial charge in [-0.1, -0.05) is 6.42 Å². The Morgan fingerprint density at radius 2 is 1.75 bits per heavy atom. The minimum Gasteiger partial charge on any atom is -0.473 e. The molecule has 1 saturated heterocycles. The third kappa shape index (κ3) is 4.88. The normalized spacial score (nSPS) is 18.9. The summed E-state index contributed by atoms with van der Waals surface area (Å²) in [6.45, 7) is 5.91. The molecule has 0 bridgehead atoms. The van der Waals surface area contributed by atoms with Crippen molar-refractivity contribution in [3.05, 3.63) is 30.0 Å². The zero-order chi connectivity index (χ0) is 19.3. The molecule has 1 N–H and O–H groups in total. The summed E-state index contributed by atoms with van der Waals surface area (Å²) in [6, 6.07) is 2.46. The first-order valence-corrected chi connectivity index (χ1v) is 10.5. The lowest BCUT2D eigenvalue weighted by molar-refractivity contribution is 0.148. The monoisotopic (exact) mass is 382 g/mol. The highest BCUT2D eigenvalue weighted by atomic mass is 16.5. The van der Waals surface area contributed by atoms with Gasteiger partial charge in [-0.25, -0.2) is 9.97 Å². The van der Waals surface area contributed by atoms with Crippen LogP contribution in [-0.2, 0) is 0 Å². The van der Waals surface area contributed by atoms with Gasteiger partial charge in [-0.2, -0.15) is 4.98 Å². The molecule has 0 spiro atoms. The van der Waals surface area contributed by atoms with E-state index in [0.717, 1.165) is 61.9 Å². The molecule has 150 valence electrons. The Morgan fingerprint density at radius 1 is 0.964 bits per heavy atom. The lowest BCUT2D eigenvalue weighted by Crippen LogP contribution is -2.39. The first kappa shape index (κ1) is 18.9. The summed E-state index contributed by atoms with van der Waals surface area (Å²) in [6.07, 6.45) is 12.0. The Labute approximate surface area is 167 Å². The summed E-state index contributed by atoms with van der Waals surface area (Å²) in [5.41, 5.74) is 1.02. The van der Waals surface area contributed by atoms with Crippen LogP contribution in [0.4, 0.5) is 11.6 Å². The molecule has 1 saturated carbocycles. The standard InChI is InChI=1S/C21H30N6O/c1-15-12-20(24-16(2)23-15)27-10-8-17(9-11-27)25-19-13-22-14-21(26-19)28-18-6-4-3-5-7-18/h12-14,17-18H,3-11H2,1-2H3,(H,25,26). The highest BCUT2D eigenvalue weighted by molar-refractivity contribution is 5.41. The van der Waals surface area contributed by atoms with E-state index in [0.29, 0.717) is 18.0 Å². The van der Waals surface area contributed by atoms with Crippen LogP contribution < -0.4 is 15.0 Å². The number of nitrogens with one attached hydrogen (secondary N) is 1. The maximum absolute atomic E-state index is 6.05. The predicted octanol–water partition coefficient (Wildman–Crippen LogP) is 3.68. The second-order valence-electron chi connectivity index (χ2n) is 7.94. The zero-order valence-corrected chi connectivity index (χ0v) is 16.9. The second-order valence-corrected chi connectivity index (χ2v) is 7.94. The third-order valence-electron chi connectivity index (χ3n) is 5.58. The fraction of sp³-hybridized carbons (Fsp3) is 0.619. The van der Waals surface area contributed by atoms with E-state index >= 15 is 0 Å². The fourth-order valence-electron chi connectivity index (χ4n) is 4.15. The number of aromatic nitrogens is 4. The highest BCUT2D eigenvalue weighted by Crippen LogP contribution is 2.24. The number of hydrogen-bond acceptors (Lipinski definition) is 7. The second kappa shape index (κ2) is 8.71. The maximum Gasteiger partial charge on any atom is 0.234 e. The van der Waals surface area contributed by atoms with Crippen LogP contribution >= 0.6 is 0 Å². The summed E-state index contributed by atoms with van der Waals surface area (Å²) in [7, 11) is 0. The van der Waals surface area contributed by atoms with E-state index in [-0.39, 0.29) is 0 Å². The van der Waals surface area contributed by atoms with E-state index in [1.165, 1.54) is 19.3 Å². The summed E-state index contributed by atoms with van der Waals surface area (Å²) in [5.74, 6) is 3.31. The number of anilines is 2. The first-order chi connectivity index (χ1) is 13.7. The van der Waals surface area contributed by atoms with Crippen molar-refractivity contribution < 1.29 is 4.74 Å². The van der Waals surface area contributed by atoms with Gasteiger partial charge in [0.2, 0.25) is 5.88 Å². The average Bonchev–Trinajstić information content (AvgIpc) is 2.69. The van der Waals surface area contributed by atoms with Gasteiger partial charge in [0.25, 0.3) is 0 Å². The number of nitrogens with zero attached hydrogens (tertiary/aromatic N) is 5. The molecule has 0 aromatic carbocycles. The maximum atomic E-state index is 6.05. The van der Waals surface area contributed by atoms with Crippen LogP contribution in [0, 0.1) is 13.8 Å². The van der Waals surface area contributed by atoms with Crippen LogP contribution in [0.1, 0.15) is 56.5 Å². The summed E-state index contributed by atoms with van der Waals surface area (Å²) in [5, 5.41) is 3.54. The lowest BCUT2D eigenvalue weighted by Gasteiger charge is -2.33. The summed E-state index contributed by atoms with van der Waals surface area (Å²) in [4.78, 5) is 20.3.